The summed E-state index contributed by atoms with van der Waals surface area (Å²) in [5, 5.41) is 14.9. The molecule has 0 amide bonds. The number of aromatic hydroxyl groups is 1. The van der Waals surface area contributed by atoms with Crippen molar-refractivity contribution in [2.45, 2.75) is 24.5 Å². The highest BCUT2D eigenvalue weighted by Crippen LogP contribution is 2.64. The third kappa shape index (κ3) is 7.27. The molecular formula is C26H25BrF3N4O7P. The van der Waals surface area contributed by atoms with Gasteiger partial charge in [0, 0.05) is 39.4 Å². The van der Waals surface area contributed by atoms with Crippen LogP contribution in [0.15, 0.2) is 48.9 Å². The number of phenolic OH excluding ortho intramolecular Hbond substituents is 1. The van der Waals surface area contributed by atoms with E-state index < -0.39 is 30.6 Å². The van der Waals surface area contributed by atoms with E-state index in [0.717, 1.165) is 0 Å². The second-order valence-electron chi connectivity index (χ2n) is 8.71. The van der Waals surface area contributed by atoms with Crippen LogP contribution < -0.4 is 4.74 Å². The summed E-state index contributed by atoms with van der Waals surface area (Å²) in [5.41, 5.74) is 1.70. The number of methoxy groups -OCH3 is 1. The quantitative estimate of drug-likeness (QED) is 0.0764. The smallest absolute Gasteiger partial charge is 0.410 e. The first-order valence-corrected chi connectivity index (χ1v) is 14.7. The fraction of sp³-hybridized carbons (Fsp3) is 0.308. The average molecular weight is 673 g/mol. The molecule has 1 unspecified atom stereocenters. The summed E-state index contributed by atoms with van der Waals surface area (Å²) in [6, 6.07) is 6.80. The number of esters is 1. The van der Waals surface area contributed by atoms with Crippen LogP contribution in [0.2, 0.25) is 0 Å². The van der Waals surface area contributed by atoms with Gasteiger partial charge in [0.15, 0.2) is 0 Å². The first kappa shape index (κ1) is 31.4. The number of phenols is 1. The molecule has 11 nitrogen and oxygen atoms in total. The number of benzene rings is 2. The van der Waals surface area contributed by atoms with Crippen molar-refractivity contribution in [2.24, 2.45) is 0 Å². The Hall–Kier alpha value is -3.52. The van der Waals surface area contributed by atoms with Crippen molar-refractivity contribution >= 4 is 40.4 Å². The van der Waals surface area contributed by atoms with Crippen molar-refractivity contribution in [3.05, 3.63) is 66.0 Å². The molecule has 0 fully saturated rings. The molecule has 0 aliphatic rings. The van der Waals surface area contributed by atoms with Crippen LogP contribution in [0.25, 0.3) is 22.2 Å². The maximum atomic E-state index is 13.9. The van der Waals surface area contributed by atoms with E-state index in [1.54, 1.807) is 6.07 Å². The van der Waals surface area contributed by atoms with Crippen LogP contribution in [-0.2, 0) is 24.9 Å². The van der Waals surface area contributed by atoms with Gasteiger partial charge in [-0.15, -0.1) is 0 Å². The lowest BCUT2D eigenvalue weighted by molar-refractivity contribution is 0.0475. The summed E-state index contributed by atoms with van der Waals surface area (Å²) in [4.78, 5) is 21.7. The van der Waals surface area contributed by atoms with Gasteiger partial charge < -0.3 is 23.6 Å². The molecule has 0 aliphatic carbocycles. The third-order valence-corrected chi connectivity index (χ3v) is 8.80. The van der Waals surface area contributed by atoms with Gasteiger partial charge in [0.1, 0.15) is 17.3 Å². The number of hydrogen-bond donors (Lipinski definition) is 1. The number of alkyl halides is 3. The van der Waals surface area contributed by atoms with E-state index in [1.165, 1.54) is 61.6 Å². The van der Waals surface area contributed by atoms with Gasteiger partial charge in [-0.05, 0) is 31.2 Å². The number of aromatic nitrogens is 4. The van der Waals surface area contributed by atoms with Crippen LogP contribution in [-0.4, -0.2) is 62.3 Å². The third-order valence-electron chi connectivity index (χ3n) is 5.75. The lowest BCUT2D eigenvalue weighted by Gasteiger charge is -2.21. The zero-order valence-electron chi connectivity index (χ0n) is 22.3. The molecular weight excluding hydrogens is 648 g/mol. The van der Waals surface area contributed by atoms with E-state index in [0.29, 0.717) is 33.6 Å². The molecule has 1 atom stereocenters. The molecule has 224 valence electrons. The number of rotatable bonds is 13. The van der Waals surface area contributed by atoms with Crippen LogP contribution in [0.5, 0.6) is 11.5 Å². The minimum Gasteiger partial charge on any atom is -0.508 e. The molecule has 16 heteroatoms. The average Bonchev–Trinajstić information content (AvgIpc) is 3.33. The minimum absolute atomic E-state index is 0.00756. The topological polar surface area (TPSA) is 135 Å². The standard InChI is InChI=1S/C26H25BrF3N4O7P/c1-3-40-42(37,26(27,29)30)41-6-4-5-39-25(36)22-11-20(35)8-17-12-33-34(24(17)22)15-19-13-32-23(14-31-19)16-7-18(28)10-21(9-16)38-2/h7-14,35H,3-6,15H2,1-2H3. The maximum Gasteiger partial charge on any atom is 0.410 e. The van der Waals surface area contributed by atoms with Gasteiger partial charge in [0.2, 0.25) is 0 Å². The summed E-state index contributed by atoms with van der Waals surface area (Å²) in [7, 11) is -3.33. The van der Waals surface area contributed by atoms with Crippen LogP contribution in [0.3, 0.4) is 0 Å². The molecule has 2 aromatic heterocycles. The Balaban J connectivity index is 1.46. The Bertz CT molecular complexity index is 1620. The van der Waals surface area contributed by atoms with Gasteiger partial charge in [-0.25, -0.2) is 9.18 Å². The number of nitrogens with zero attached hydrogens (tertiary/aromatic N) is 4. The highest BCUT2D eigenvalue weighted by Gasteiger charge is 2.51. The maximum absolute atomic E-state index is 13.9. The molecule has 2 heterocycles. The van der Waals surface area contributed by atoms with Crippen molar-refractivity contribution in [1.82, 2.24) is 19.7 Å². The molecule has 1 N–H and O–H groups in total. The number of ether oxygens (including phenoxy) is 2. The van der Waals surface area contributed by atoms with E-state index in [1.807, 2.05) is 15.9 Å². The predicted molar refractivity (Wildman–Crippen MR) is 148 cm³/mol. The highest BCUT2D eigenvalue weighted by molar-refractivity contribution is 9.11. The lowest BCUT2D eigenvalue weighted by atomic mass is 10.1. The number of carbonyl (C=O) groups is 1. The first-order chi connectivity index (χ1) is 19.9. The molecule has 0 saturated carbocycles. The molecule has 4 rings (SSSR count). The van der Waals surface area contributed by atoms with Crippen molar-refractivity contribution in [3.63, 3.8) is 0 Å². The molecule has 0 saturated heterocycles. The molecule has 0 spiro atoms. The molecule has 0 aliphatic heterocycles. The van der Waals surface area contributed by atoms with E-state index in [-0.39, 0.29) is 37.5 Å². The minimum atomic E-state index is -4.76. The van der Waals surface area contributed by atoms with Gasteiger partial charge >= 0.3 is 18.1 Å². The summed E-state index contributed by atoms with van der Waals surface area (Å²) >= 11 is 2.01. The van der Waals surface area contributed by atoms with Gasteiger partial charge in [-0.1, -0.05) is 0 Å². The van der Waals surface area contributed by atoms with Crippen LogP contribution in [0.4, 0.5) is 13.2 Å². The molecule has 2 aromatic carbocycles. The van der Waals surface area contributed by atoms with Crippen molar-refractivity contribution in [1.29, 1.82) is 0 Å². The van der Waals surface area contributed by atoms with Gasteiger partial charge in [-0.3, -0.25) is 19.2 Å². The van der Waals surface area contributed by atoms with E-state index in [4.69, 9.17) is 14.0 Å². The largest absolute Gasteiger partial charge is 0.508 e. The first-order valence-electron chi connectivity index (χ1n) is 12.4. The van der Waals surface area contributed by atoms with Crippen LogP contribution in [0.1, 0.15) is 29.4 Å². The Morgan fingerprint density at radius 2 is 1.88 bits per heavy atom. The predicted octanol–water partition coefficient (Wildman–Crippen LogP) is 6.13. The number of fused-ring (bicyclic) bond motifs is 1. The van der Waals surface area contributed by atoms with Crippen LogP contribution >= 0.6 is 23.5 Å². The summed E-state index contributed by atoms with van der Waals surface area (Å²) in [5.74, 6) is -1.18. The van der Waals surface area contributed by atoms with E-state index >= 15 is 0 Å². The molecule has 4 aromatic rings. The fourth-order valence-corrected chi connectivity index (χ4v) is 5.59. The SMILES string of the molecule is CCOP(=O)(OCCCOC(=O)c1cc(O)cc2cnn(Cc3cnc(-c4cc(F)cc(OC)c4)cn3)c12)C(F)(F)Br. The zero-order chi connectivity index (χ0) is 30.5. The van der Waals surface area contributed by atoms with Gasteiger partial charge in [0.25, 0.3) is 0 Å². The van der Waals surface area contributed by atoms with Crippen molar-refractivity contribution in [3.8, 4) is 22.8 Å². The van der Waals surface area contributed by atoms with Crippen LogP contribution in [0, 0.1) is 5.82 Å². The number of carbonyl (C=O) groups excluding carboxylic acids is 1. The fourth-order valence-electron chi connectivity index (χ4n) is 3.90. The number of halogens is 4. The van der Waals surface area contributed by atoms with E-state index in [9.17, 15) is 27.6 Å². The normalized spacial score (nSPS) is 13.2. The molecule has 0 radical (unpaired) electrons. The zero-order valence-corrected chi connectivity index (χ0v) is 24.8. The molecule has 42 heavy (non-hydrogen) atoms. The summed E-state index contributed by atoms with van der Waals surface area (Å²) in [6.07, 6.45) is 4.34. The second kappa shape index (κ2) is 13.2. The summed E-state index contributed by atoms with van der Waals surface area (Å²) < 4.78 is 70.6. The number of hydrogen-bond acceptors (Lipinski definition) is 10. The Labute approximate surface area is 246 Å². The van der Waals surface area contributed by atoms with Crippen molar-refractivity contribution < 1.29 is 46.2 Å². The van der Waals surface area contributed by atoms with E-state index in [2.05, 4.69) is 19.6 Å². The Morgan fingerprint density at radius 1 is 1.10 bits per heavy atom. The monoisotopic (exact) mass is 672 g/mol. The molecule has 0 bridgehead atoms. The van der Waals surface area contributed by atoms with Gasteiger partial charge in [-0.2, -0.15) is 13.9 Å². The second-order valence-corrected chi connectivity index (χ2v) is 12.4. The lowest BCUT2D eigenvalue weighted by Crippen LogP contribution is -2.15. The summed E-state index contributed by atoms with van der Waals surface area (Å²) in [6.45, 7) is 0.532. The Kier molecular flexibility index (Phi) is 9.87. The Morgan fingerprint density at radius 3 is 2.55 bits per heavy atom. The highest BCUT2D eigenvalue weighted by atomic mass is 79.9. The van der Waals surface area contributed by atoms with Gasteiger partial charge in [0.05, 0.1) is 74.5 Å². The van der Waals surface area contributed by atoms with Crippen molar-refractivity contribution in [2.75, 3.05) is 26.9 Å².